The van der Waals surface area contributed by atoms with E-state index in [1.807, 2.05) is 48.5 Å². The van der Waals surface area contributed by atoms with Crippen LogP contribution in [0.5, 0.6) is 0 Å². The van der Waals surface area contributed by atoms with Gasteiger partial charge in [0.05, 0.1) is 0 Å². The largest absolute Gasteiger partial charge is 0.309 e. The van der Waals surface area contributed by atoms with Crippen molar-refractivity contribution in [1.82, 2.24) is 4.90 Å². The maximum Gasteiger partial charge on any atom is 0.0412 e. The molecule has 0 aliphatic carbocycles. The van der Waals surface area contributed by atoms with Gasteiger partial charge in [0, 0.05) is 29.6 Å². The monoisotopic (exact) mass is 321 g/mol. The fourth-order valence-electron chi connectivity index (χ4n) is 2.40. The summed E-state index contributed by atoms with van der Waals surface area (Å²) in [5.74, 6) is 0. The highest BCUT2D eigenvalue weighted by molar-refractivity contribution is 7.99. The number of nitrogens with zero attached hydrogens (tertiary/aromatic N) is 1. The Labute approximate surface area is 144 Å². The van der Waals surface area contributed by atoms with Crippen LogP contribution >= 0.6 is 23.4 Å². The zero-order valence-corrected chi connectivity index (χ0v) is 12.8. The third-order valence-corrected chi connectivity index (χ3v) is 4.72. The van der Waals surface area contributed by atoms with Crippen LogP contribution in [0.4, 0.5) is 0 Å². The van der Waals surface area contributed by atoms with E-state index in [1.54, 1.807) is 11.8 Å². The van der Waals surface area contributed by atoms with E-state index >= 15 is 0 Å². The van der Waals surface area contributed by atoms with Crippen LogP contribution in [-0.4, -0.2) is 25.4 Å². The van der Waals surface area contributed by atoms with Crippen LogP contribution in [0.15, 0.2) is 58.3 Å². The first-order valence-electron chi connectivity index (χ1n) is 9.62. The molecule has 0 saturated heterocycles. The predicted molar refractivity (Wildman–Crippen MR) is 92.3 cm³/mol. The molecule has 0 saturated carbocycles. The highest BCUT2D eigenvalue weighted by Crippen LogP contribution is 2.46. The van der Waals surface area contributed by atoms with E-state index in [4.69, 9.17) is 19.8 Å². The molecule has 21 heavy (non-hydrogen) atoms. The predicted octanol–water partition coefficient (Wildman–Crippen LogP) is 5.19. The second-order valence-electron chi connectivity index (χ2n) is 4.80. The molecule has 0 amide bonds. The van der Waals surface area contributed by atoms with Crippen molar-refractivity contribution in [2.75, 3.05) is 20.5 Å². The molecule has 0 N–H and O–H groups in total. The molecule has 108 valence electrons. The first-order valence-corrected chi connectivity index (χ1v) is 7.82. The Bertz CT molecular complexity index is 861. The summed E-state index contributed by atoms with van der Waals surface area (Å²) in [6.07, 6.45) is 2.19. The SMILES string of the molecule is [2H]C([2H])([2H])N(CC/C=C1\c2ccccc2Sc2ccc(Cl)cc21)C([2H])([2H])[2H]. The van der Waals surface area contributed by atoms with Crippen molar-refractivity contribution in [2.24, 2.45) is 0 Å². The van der Waals surface area contributed by atoms with Gasteiger partial charge in [-0.2, -0.15) is 0 Å². The molecule has 3 rings (SSSR count). The van der Waals surface area contributed by atoms with Gasteiger partial charge in [0.15, 0.2) is 0 Å². The third kappa shape index (κ3) is 3.18. The Morgan fingerprint density at radius 1 is 1.14 bits per heavy atom. The van der Waals surface area contributed by atoms with E-state index in [-0.39, 0.29) is 13.0 Å². The second-order valence-corrected chi connectivity index (χ2v) is 6.32. The Morgan fingerprint density at radius 2 is 1.95 bits per heavy atom. The minimum atomic E-state index is -2.68. The van der Waals surface area contributed by atoms with Gasteiger partial charge in [-0.3, -0.25) is 0 Å². The van der Waals surface area contributed by atoms with Crippen molar-refractivity contribution >= 4 is 28.9 Å². The molecule has 0 fully saturated rings. The van der Waals surface area contributed by atoms with Crippen LogP contribution in [-0.2, 0) is 0 Å². The lowest BCUT2D eigenvalue weighted by atomic mass is 9.96. The maximum atomic E-state index is 7.49. The van der Waals surface area contributed by atoms with E-state index < -0.39 is 14.0 Å². The molecule has 1 aliphatic rings. The number of fused-ring (bicyclic) bond motifs is 2. The van der Waals surface area contributed by atoms with Crippen LogP contribution in [0.3, 0.4) is 0 Å². The maximum absolute atomic E-state index is 7.49. The summed E-state index contributed by atoms with van der Waals surface area (Å²) < 4.78 is 44.9. The smallest absolute Gasteiger partial charge is 0.0412 e. The Morgan fingerprint density at radius 3 is 2.81 bits per heavy atom. The molecule has 0 unspecified atom stereocenters. The summed E-state index contributed by atoms with van der Waals surface area (Å²) in [7, 11) is 0. The van der Waals surface area contributed by atoms with Gasteiger partial charge in [-0.1, -0.05) is 47.6 Å². The summed E-state index contributed by atoms with van der Waals surface area (Å²) >= 11 is 7.83. The van der Waals surface area contributed by atoms with Gasteiger partial charge in [-0.05, 0) is 61.3 Å². The zero-order valence-electron chi connectivity index (χ0n) is 17.3. The quantitative estimate of drug-likeness (QED) is 0.653. The van der Waals surface area contributed by atoms with Crippen molar-refractivity contribution < 1.29 is 8.22 Å². The lowest BCUT2D eigenvalue weighted by Gasteiger charge is -2.22. The van der Waals surface area contributed by atoms with Crippen LogP contribution in [0, 0.1) is 0 Å². The Balaban J connectivity index is 1.95. The molecule has 0 radical (unpaired) electrons. The number of hydrogen-bond donors (Lipinski definition) is 0. The third-order valence-electron chi connectivity index (χ3n) is 3.33. The summed E-state index contributed by atoms with van der Waals surface area (Å²) in [5, 5.41) is 0.617. The standard InChI is InChI=1S/C18H18ClNS/c1-20(2)11-5-7-14-15-6-3-4-8-17(15)21-18-10-9-13(19)12-16(14)18/h3-4,6-10,12H,5,11H2,1-2H3/b14-7+/i1D3,2D3. The van der Waals surface area contributed by atoms with Crippen molar-refractivity contribution in [3.8, 4) is 0 Å². The van der Waals surface area contributed by atoms with Crippen LogP contribution in [0.1, 0.15) is 25.8 Å². The summed E-state index contributed by atoms with van der Waals surface area (Å²) in [5.41, 5.74) is 2.95. The molecule has 2 aromatic carbocycles. The molecular weight excluding hydrogens is 298 g/mol. The lowest BCUT2D eigenvalue weighted by Crippen LogP contribution is -2.12. The van der Waals surface area contributed by atoms with Crippen LogP contribution in [0.25, 0.3) is 5.57 Å². The van der Waals surface area contributed by atoms with Crippen LogP contribution < -0.4 is 0 Å². The normalized spacial score (nSPS) is 20.6. The number of benzene rings is 2. The van der Waals surface area contributed by atoms with Crippen LogP contribution in [0.2, 0.25) is 5.02 Å². The van der Waals surface area contributed by atoms with Gasteiger partial charge in [0.1, 0.15) is 0 Å². The number of rotatable bonds is 3. The summed E-state index contributed by atoms with van der Waals surface area (Å²) in [6, 6.07) is 13.6. The number of halogens is 1. The fourth-order valence-corrected chi connectivity index (χ4v) is 3.66. The van der Waals surface area contributed by atoms with Gasteiger partial charge in [-0.15, -0.1) is 0 Å². The molecule has 0 spiro atoms. The molecule has 0 aromatic heterocycles. The highest BCUT2D eigenvalue weighted by Gasteiger charge is 2.20. The van der Waals surface area contributed by atoms with E-state index in [9.17, 15) is 0 Å². The number of hydrogen-bond acceptors (Lipinski definition) is 2. The van der Waals surface area contributed by atoms with E-state index in [1.165, 1.54) is 0 Å². The molecule has 2 aromatic rings. The average molecular weight is 322 g/mol. The molecule has 0 bridgehead atoms. The van der Waals surface area contributed by atoms with E-state index in [2.05, 4.69) is 0 Å². The van der Waals surface area contributed by atoms with Gasteiger partial charge >= 0.3 is 0 Å². The first kappa shape index (κ1) is 9.04. The molecular formula is C18H18ClNS. The van der Waals surface area contributed by atoms with E-state index in [0.717, 1.165) is 26.5 Å². The van der Waals surface area contributed by atoms with E-state index in [0.29, 0.717) is 9.92 Å². The molecule has 1 aliphatic heterocycles. The highest BCUT2D eigenvalue weighted by atomic mass is 35.5. The lowest BCUT2D eigenvalue weighted by molar-refractivity contribution is 0.417. The summed E-state index contributed by atoms with van der Waals surface area (Å²) in [6.45, 7) is -5.45. The zero-order chi connectivity index (χ0) is 19.8. The first-order chi connectivity index (χ1) is 12.6. The fraction of sp³-hybridized carbons (Fsp3) is 0.222. The molecule has 3 heteroatoms. The Kier molecular flexibility index (Phi) is 2.70. The van der Waals surface area contributed by atoms with Gasteiger partial charge < -0.3 is 4.90 Å². The Hall–Kier alpha value is -1.22. The second kappa shape index (κ2) is 6.27. The molecule has 0 atom stereocenters. The van der Waals surface area contributed by atoms with Crippen molar-refractivity contribution in [3.05, 3.63) is 64.7 Å². The molecule has 1 nitrogen and oxygen atoms in total. The average Bonchev–Trinajstić information content (AvgIpc) is 2.55. The minimum absolute atomic E-state index is 0.0955. The van der Waals surface area contributed by atoms with Gasteiger partial charge in [0.25, 0.3) is 0 Å². The van der Waals surface area contributed by atoms with Gasteiger partial charge in [0.2, 0.25) is 0 Å². The van der Waals surface area contributed by atoms with Crippen molar-refractivity contribution in [2.45, 2.75) is 16.2 Å². The van der Waals surface area contributed by atoms with Gasteiger partial charge in [-0.25, -0.2) is 0 Å². The van der Waals surface area contributed by atoms with Crippen molar-refractivity contribution in [3.63, 3.8) is 0 Å². The van der Waals surface area contributed by atoms with Crippen molar-refractivity contribution in [1.29, 1.82) is 0 Å². The topological polar surface area (TPSA) is 3.24 Å². The molecule has 1 heterocycles. The summed E-state index contributed by atoms with van der Waals surface area (Å²) in [4.78, 5) is 2.74. The minimum Gasteiger partial charge on any atom is -0.309 e.